The monoisotopic (exact) mass is 374 g/mol. The number of likely N-dealkylation sites (tertiary alicyclic amines) is 1. The van der Waals surface area contributed by atoms with Crippen LogP contribution in [0, 0.1) is 0 Å². The Hall–Kier alpha value is -2.64. The van der Waals surface area contributed by atoms with E-state index in [4.69, 9.17) is 4.74 Å². The third-order valence-electron chi connectivity index (χ3n) is 5.22. The second kappa shape index (κ2) is 7.94. The second-order valence-corrected chi connectivity index (χ2v) is 6.90. The van der Waals surface area contributed by atoms with Crippen LogP contribution in [0.1, 0.15) is 38.2 Å². The van der Waals surface area contributed by atoms with E-state index in [0.717, 1.165) is 35.8 Å². The standard InChI is InChI=1S/C19H26N4O4/c1-4-13-11-20-17-15(16(13)27-3)18(25)23(19(26)21(17)2)12-14(24)22-9-7-5-6-8-10-22/h11H,4-10,12H2,1-3H3. The van der Waals surface area contributed by atoms with Crippen molar-refractivity contribution in [3.63, 3.8) is 0 Å². The van der Waals surface area contributed by atoms with Gasteiger partial charge in [-0.05, 0) is 19.3 Å². The number of aromatic nitrogens is 3. The van der Waals surface area contributed by atoms with Crippen molar-refractivity contribution in [2.75, 3.05) is 20.2 Å². The van der Waals surface area contributed by atoms with Crippen LogP contribution in [-0.2, 0) is 24.8 Å². The highest BCUT2D eigenvalue weighted by Gasteiger charge is 2.22. The van der Waals surface area contributed by atoms with Gasteiger partial charge in [-0.25, -0.2) is 14.3 Å². The molecule has 1 saturated heterocycles. The molecule has 0 saturated carbocycles. The van der Waals surface area contributed by atoms with Gasteiger partial charge < -0.3 is 9.64 Å². The van der Waals surface area contributed by atoms with Crippen LogP contribution in [0.25, 0.3) is 11.0 Å². The minimum atomic E-state index is -0.547. The molecule has 0 spiro atoms. The van der Waals surface area contributed by atoms with Crippen LogP contribution >= 0.6 is 0 Å². The fourth-order valence-corrected chi connectivity index (χ4v) is 3.64. The van der Waals surface area contributed by atoms with Crippen LogP contribution in [-0.4, -0.2) is 45.1 Å². The second-order valence-electron chi connectivity index (χ2n) is 6.90. The molecule has 146 valence electrons. The lowest BCUT2D eigenvalue weighted by atomic mass is 10.1. The molecule has 0 radical (unpaired) electrons. The Morgan fingerprint density at radius 1 is 1.19 bits per heavy atom. The maximum Gasteiger partial charge on any atom is 0.332 e. The lowest BCUT2D eigenvalue weighted by Gasteiger charge is -2.21. The van der Waals surface area contributed by atoms with Gasteiger partial charge in [0.05, 0.1) is 7.11 Å². The Balaban J connectivity index is 2.11. The molecule has 0 aromatic carbocycles. The van der Waals surface area contributed by atoms with E-state index in [9.17, 15) is 14.4 Å². The Morgan fingerprint density at radius 2 is 1.85 bits per heavy atom. The van der Waals surface area contributed by atoms with E-state index in [1.807, 2.05) is 6.92 Å². The van der Waals surface area contributed by atoms with Gasteiger partial charge in [0.25, 0.3) is 5.56 Å². The summed E-state index contributed by atoms with van der Waals surface area (Å²) in [7, 11) is 3.04. The van der Waals surface area contributed by atoms with E-state index in [0.29, 0.717) is 25.3 Å². The Labute approximate surface area is 157 Å². The largest absolute Gasteiger partial charge is 0.495 e. The molecule has 27 heavy (non-hydrogen) atoms. The van der Waals surface area contributed by atoms with E-state index in [1.165, 1.54) is 11.7 Å². The average molecular weight is 374 g/mol. The summed E-state index contributed by atoms with van der Waals surface area (Å²) in [4.78, 5) is 44.6. The summed E-state index contributed by atoms with van der Waals surface area (Å²) in [5.74, 6) is 0.216. The molecule has 1 fully saturated rings. The van der Waals surface area contributed by atoms with Gasteiger partial charge in [-0.15, -0.1) is 0 Å². The number of carbonyl (C=O) groups is 1. The van der Waals surface area contributed by atoms with E-state index in [1.54, 1.807) is 18.1 Å². The molecule has 2 aromatic heterocycles. The van der Waals surface area contributed by atoms with Crippen molar-refractivity contribution < 1.29 is 9.53 Å². The number of methoxy groups -OCH3 is 1. The summed E-state index contributed by atoms with van der Waals surface area (Å²) >= 11 is 0. The number of carbonyl (C=O) groups excluding carboxylic acids is 1. The molecule has 0 N–H and O–H groups in total. The molecule has 0 aliphatic carbocycles. The minimum absolute atomic E-state index is 0.200. The van der Waals surface area contributed by atoms with E-state index in [-0.39, 0.29) is 23.5 Å². The number of hydrogen-bond acceptors (Lipinski definition) is 5. The molecular formula is C19H26N4O4. The molecule has 1 aliphatic heterocycles. The first-order valence-electron chi connectivity index (χ1n) is 9.42. The van der Waals surface area contributed by atoms with Crippen molar-refractivity contribution in [2.24, 2.45) is 7.05 Å². The van der Waals surface area contributed by atoms with E-state index < -0.39 is 11.2 Å². The van der Waals surface area contributed by atoms with Crippen molar-refractivity contribution in [1.82, 2.24) is 19.0 Å². The molecule has 3 rings (SSSR count). The molecule has 0 bridgehead atoms. The van der Waals surface area contributed by atoms with Crippen molar-refractivity contribution in [3.8, 4) is 5.75 Å². The molecular weight excluding hydrogens is 348 g/mol. The quantitative estimate of drug-likeness (QED) is 0.799. The van der Waals surface area contributed by atoms with Crippen LogP contribution in [0.3, 0.4) is 0 Å². The molecule has 0 unspecified atom stereocenters. The summed E-state index contributed by atoms with van der Waals surface area (Å²) in [6.45, 7) is 3.02. The van der Waals surface area contributed by atoms with E-state index >= 15 is 0 Å². The number of aryl methyl sites for hydroxylation is 2. The zero-order valence-corrected chi connectivity index (χ0v) is 16.2. The topological polar surface area (TPSA) is 86.4 Å². The maximum absolute atomic E-state index is 13.1. The van der Waals surface area contributed by atoms with Gasteiger partial charge in [-0.2, -0.15) is 0 Å². The highest BCUT2D eigenvalue weighted by atomic mass is 16.5. The van der Waals surface area contributed by atoms with Crippen LogP contribution in [0.2, 0.25) is 0 Å². The molecule has 1 aliphatic rings. The van der Waals surface area contributed by atoms with Gasteiger partial charge in [0, 0.05) is 31.9 Å². The summed E-state index contributed by atoms with van der Waals surface area (Å²) in [5.41, 5.74) is -0.0333. The summed E-state index contributed by atoms with van der Waals surface area (Å²) in [5, 5.41) is 0.239. The van der Waals surface area contributed by atoms with Crippen LogP contribution < -0.4 is 16.0 Å². The van der Waals surface area contributed by atoms with Crippen molar-refractivity contribution in [3.05, 3.63) is 32.6 Å². The van der Waals surface area contributed by atoms with Crippen molar-refractivity contribution in [2.45, 2.75) is 45.6 Å². The summed E-state index contributed by atoms with van der Waals surface area (Å²) in [6.07, 6.45) is 6.37. The molecule has 3 heterocycles. The predicted molar refractivity (Wildman–Crippen MR) is 102 cm³/mol. The zero-order chi connectivity index (χ0) is 19.6. The van der Waals surface area contributed by atoms with Crippen LogP contribution in [0.4, 0.5) is 0 Å². The number of pyridine rings is 1. The van der Waals surface area contributed by atoms with Gasteiger partial charge in [0.2, 0.25) is 5.91 Å². The normalized spacial score (nSPS) is 15.0. The van der Waals surface area contributed by atoms with Crippen LogP contribution in [0.5, 0.6) is 5.75 Å². The fraction of sp³-hybridized carbons (Fsp3) is 0.579. The van der Waals surface area contributed by atoms with Gasteiger partial charge in [0.1, 0.15) is 17.7 Å². The first-order chi connectivity index (χ1) is 13.0. The Bertz CT molecular complexity index is 968. The summed E-state index contributed by atoms with van der Waals surface area (Å²) in [6, 6.07) is 0. The minimum Gasteiger partial charge on any atom is -0.495 e. The SMILES string of the molecule is CCc1cnc2c(c1OC)c(=O)n(CC(=O)N1CCCCCC1)c(=O)n2C. The molecule has 8 nitrogen and oxygen atoms in total. The third-order valence-corrected chi connectivity index (χ3v) is 5.22. The number of ether oxygens (including phenoxy) is 1. The van der Waals surface area contributed by atoms with Gasteiger partial charge >= 0.3 is 5.69 Å². The number of nitrogens with zero attached hydrogens (tertiary/aromatic N) is 4. The van der Waals surface area contributed by atoms with E-state index in [2.05, 4.69) is 4.98 Å². The molecule has 0 atom stereocenters. The average Bonchev–Trinajstić information content (AvgIpc) is 2.97. The third kappa shape index (κ3) is 3.48. The molecule has 2 aromatic rings. The Morgan fingerprint density at radius 3 is 2.44 bits per heavy atom. The number of fused-ring (bicyclic) bond motifs is 1. The van der Waals surface area contributed by atoms with Gasteiger partial charge in [-0.1, -0.05) is 19.8 Å². The highest BCUT2D eigenvalue weighted by Crippen LogP contribution is 2.25. The first kappa shape index (κ1) is 19.1. The van der Waals surface area contributed by atoms with Crippen molar-refractivity contribution >= 4 is 16.9 Å². The summed E-state index contributed by atoms with van der Waals surface area (Å²) < 4.78 is 7.75. The Kier molecular flexibility index (Phi) is 5.62. The predicted octanol–water partition coefficient (Wildman–Crippen LogP) is 1.07. The maximum atomic E-state index is 13.1. The number of hydrogen-bond donors (Lipinski definition) is 0. The smallest absolute Gasteiger partial charge is 0.332 e. The fourth-order valence-electron chi connectivity index (χ4n) is 3.64. The lowest BCUT2D eigenvalue weighted by molar-refractivity contribution is -0.131. The number of rotatable bonds is 4. The first-order valence-corrected chi connectivity index (χ1v) is 9.42. The lowest BCUT2D eigenvalue weighted by Crippen LogP contribution is -2.44. The molecule has 1 amide bonds. The molecule has 8 heteroatoms. The van der Waals surface area contributed by atoms with Crippen molar-refractivity contribution in [1.29, 1.82) is 0 Å². The number of amides is 1. The van der Waals surface area contributed by atoms with Crippen LogP contribution in [0.15, 0.2) is 15.8 Å². The van der Waals surface area contributed by atoms with Gasteiger partial charge in [0.15, 0.2) is 5.65 Å². The van der Waals surface area contributed by atoms with Gasteiger partial charge in [-0.3, -0.25) is 14.2 Å². The zero-order valence-electron chi connectivity index (χ0n) is 16.2. The highest BCUT2D eigenvalue weighted by molar-refractivity contribution is 5.83.